The third-order valence-corrected chi connectivity index (χ3v) is 4.37. The molecule has 0 saturated carbocycles. The van der Waals surface area contributed by atoms with E-state index in [4.69, 9.17) is 5.73 Å². The van der Waals surface area contributed by atoms with Crippen LogP contribution in [0.25, 0.3) is 0 Å². The highest BCUT2D eigenvalue weighted by atomic mass is 79.9. The smallest absolute Gasteiger partial charge is 0.0320 e. The Bertz CT molecular complexity index is 312. The summed E-state index contributed by atoms with van der Waals surface area (Å²) in [5, 5.41) is 0. The average molecular weight is 335 g/mol. The standard InChI is InChI=1S/C12H17Br2N/c1-2-3-4-5-12(15)9-6-7-10(13)11(14)8-9/h6-8,12H,2-5,15H2,1H3/t12-/m0/s1. The van der Waals surface area contributed by atoms with Crippen LogP contribution in [0.4, 0.5) is 0 Å². The Hall–Kier alpha value is 0.140. The van der Waals surface area contributed by atoms with E-state index in [1.807, 2.05) is 6.07 Å². The van der Waals surface area contributed by atoms with Crippen LogP contribution in [0.3, 0.4) is 0 Å². The van der Waals surface area contributed by atoms with E-state index in [-0.39, 0.29) is 6.04 Å². The molecule has 1 rings (SSSR count). The highest BCUT2D eigenvalue weighted by Gasteiger charge is 2.07. The summed E-state index contributed by atoms with van der Waals surface area (Å²) < 4.78 is 2.15. The fraction of sp³-hybridized carbons (Fsp3) is 0.500. The normalized spacial score (nSPS) is 12.8. The van der Waals surface area contributed by atoms with Crippen molar-refractivity contribution in [2.75, 3.05) is 0 Å². The van der Waals surface area contributed by atoms with E-state index in [0.717, 1.165) is 15.4 Å². The Morgan fingerprint density at radius 2 is 1.93 bits per heavy atom. The second kappa shape index (κ2) is 6.66. The number of benzene rings is 1. The van der Waals surface area contributed by atoms with Gasteiger partial charge in [0, 0.05) is 15.0 Å². The van der Waals surface area contributed by atoms with E-state index in [0.29, 0.717) is 0 Å². The topological polar surface area (TPSA) is 26.0 Å². The van der Waals surface area contributed by atoms with E-state index in [2.05, 4.69) is 50.9 Å². The van der Waals surface area contributed by atoms with Crippen molar-refractivity contribution in [3.05, 3.63) is 32.7 Å². The lowest BCUT2D eigenvalue weighted by Gasteiger charge is -2.12. The van der Waals surface area contributed by atoms with Gasteiger partial charge in [-0.25, -0.2) is 0 Å². The van der Waals surface area contributed by atoms with E-state index in [9.17, 15) is 0 Å². The summed E-state index contributed by atoms with van der Waals surface area (Å²) in [4.78, 5) is 0. The Kier molecular flexibility index (Phi) is 5.87. The van der Waals surface area contributed by atoms with Gasteiger partial charge in [-0.2, -0.15) is 0 Å². The Labute approximate surface area is 109 Å². The number of unbranched alkanes of at least 4 members (excludes halogenated alkanes) is 2. The van der Waals surface area contributed by atoms with Gasteiger partial charge in [0.05, 0.1) is 0 Å². The SMILES string of the molecule is CCCCC[C@H](N)c1ccc(Br)c(Br)c1. The fourth-order valence-corrected chi connectivity index (χ4v) is 2.17. The highest BCUT2D eigenvalue weighted by Crippen LogP contribution is 2.27. The predicted molar refractivity (Wildman–Crippen MR) is 72.9 cm³/mol. The first-order valence-corrected chi connectivity index (χ1v) is 6.94. The number of nitrogens with two attached hydrogens (primary N) is 1. The van der Waals surface area contributed by atoms with E-state index >= 15 is 0 Å². The molecule has 3 heteroatoms. The molecular formula is C12H17Br2N. The molecule has 0 amide bonds. The molecule has 0 fully saturated rings. The van der Waals surface area contributed by atoms with Crippen LogP contribution in [0.1, 0.15) is 44.2 Å². The van der Waals surface area contributed by atoms with Crippen molar-refractivity contribution < 1.29 is 0 Å². The van der Waals surface area contributed by atoms with Crippen LogP contribution in [-0.4, -0.2) is 0 Å². The molecule has 0 saturated heterocycles. The monoisotopic (exact) mass is 333 g/mol. The molecule has 0 aliphatic heterocycles. The summed E-state index contributed by atoms with van der Waals surface area (Å²) in [6.07, 6.45) is 4.80. The minimum Gasteiger partial charge on any atom is -0.324 e. The summed E-state index contributed by atoms with van der Waals surface area (Å²) >= 11 is 6.95. The third-order valence-electron chi connectivity index (χ3n) is 2.49. The molecular weight excluding hydrogens is 318 g/mol. The van der Waals surface area contributed by atoms with Crippen molar-refractivity contribution in [3.8, 4) is 0 Å². The maximum absolute atomic E-state index is 6.12. The zero-order valence-corrected chi connectivity index (χ0v) is 12.1. The van der Waals surface area contributed by atoms with Crippen LogP contribution in [-0.2, 0) is 0 Å². The Morgan fingerprint density at radius 1 is 1.20 bits per heavy atom. The number of halogens is 2. The molecule has 0 bridgehead atoms. The van der Waals surface area contributed by atoms with Crippen LogP contribution in [0.2, 0.25) is 0 Å². The van der Waals surface area contributed by atoms with Crippen molar-refractivity contribution in [2.24, 2.45) is 5.73 Å². The number of hydrogen-bond acceptors (Lipinski definition) is 1. The van der Waals surface area contributed by atoms with Crippen LogP contribution in [0, 0.1) is 0 Å². The van der Waals surface area contributed by atoms with Crippen molar-refractivity contribution in [3.63, 3.8) is 0 Å². The van der Waals surface area contributed by atoms with Gasteiger partial charge in [-0.05, 0) is 56.0 Å². The van der Waals surface area contributed by atoms with E-state index in [1.165, 1.54) is 24.8 Å². The highest BCUT2D eigenvalue weighted by molar-refractivity contribution is 9.13. The minimum absolute atomic E-state index is 0.168. The van der Waals surface area contributed by atoms with Crippen LogP contribution in [0.5, 0.6) is 0 Å². The lowest BCUT2D eigenvalue weighted by molar-refractivity contribution is 0.581. The lowest BCUT2D eigenvalue weighted by Crippen LogP contribution is -2.09. The maximum atomic E-state index is 6.12. The van der Waals surface area contributed by atoms with Crippen molar-refractivity contribution in [1.29, 1.82) is 0 Å². The van der Waals surface area contributed by atoms with Crippen LogP contribution >= 0.6 is 31.9 Å². The zero-order valence-electron chi connectivity index (χ0n) is 8.97. The molecule has 0 aliphatic carbocycles. The molecule has 0 heterocycles. The second-order valence-corrected chi connectivity index (χ2v) is 5.48. The fourth-order valence-electron chi connectivity index (χ4n) is 1.52. The first-order valence-electron chi connectivity index (χ1n) is 5.35. The zero-order chi connectivity index (χ0) is 11.3. The molecule has 84 valence electrons. The van der Waals surface area contributed by atoms with Gasteiger partial charge in [0.1, 0.15) is 0 Å². The van der Waals surface area contributed by atoms with Gasteiger partial charge >= 0.3 is 0 Å². The number of rotatable bonds is 5. The molecule has 1 aromatic rings. The molecule has 0 radical (unpaired) electrons. The van der Waals surface area contributed by atoms with E-state index < -0.39 is 0 Å². The van der Waals surface area contributed by atoms with Crippen molar-refractivity contribution >= 4 is 31.9 Å². The molecule has 15 heavy (non-hydrogen) atoms. The van der Waals surface area contributed by atoms with Gasteiger partial charge in [0.2, 0.25) is 0 Å². The lowest BCUT2D eigenvalue weighted by atomic mass is 10.0. The molecule has 1 nitrogen and oxygen atoms in total. The quantitative estimate of drug-likeness (QED) is 0.769. The Balaban J connectivity index is 2.57. The predicted octanol–water partition coefficient (Wildman–Crippen LogP) is 4.79. The van der Waals surface area contributed by atoms with Gasteiger partial charge in [0.25, 0.3) is 0 Å². The average Bonchev–Trinajstić information content (AvgIpc) is 2.22. The molecule has 2 N–H and O–H groups in total. The molecule has 1 atom stereocenters. The first kappa shape index (κ1) is 13.2. The van der Waals surface area contributed by atoms with Gasteiger partial charge in [-0.15, -0.1) is 0 Å². The third kappa shape index (κ3) is 4.25. The van der Waals surface area contributed by atoms with Crippen molar-refractivity contribution in [2.45, 2.75) is 38.6 Å². The van der Waals surface area contributed by atoms with Gasteiger partial charge in [0.15, 0.2) is 0 Å². The largest absolute Gasteiger partial charge is 0.324 e. The molecule has 0 aliphatic rings. The summed E-state index contributed by atoms with van der Waals surface area (Å²) in [6, 6.07) is 6.39. The molecule has 0 aromatic heterocycles. The van der Waals surface area contributed by atoms with E-state index in [1.54, 1.807) is 0 Å². The first-order chi connectivity index (χ1) is 7.15. The second-order valence-electron chi connectivity index (χ2n) is 3.78. The van der Waals surface area contributed by atoms with Gasteiger partial charge in [-0.1, -0.05) is 32.3 Å². The summed E-state index contributed by atoms with van der Waals surface area (Å²) in [7, 11) is 0. The molecule has 0 unspecified atom stereocenters. The van der Waals surface area contributed by atoms with Gasteiger partial charge in [-0.3, -0.25) is 0 Å². The summed E-state index contributed by atoms with van der Waals surface area (Å²) in [5.74, 6) is 0. The minimum atomic E-state index is 0.168. The summed E-state index contributed by atoms with van der Waals surface area (Å²) in [6.45, 7) is 2.21. The Morgan fingerprint density at radius 3 is 2.53 bits per heavy atom. The van der Waals surface area contributed by atoms with Crippen LogP contribution in [0.15, 0.2) is 27.1 Å². The number of hydrogen-bond donors (Lipinski definition) is 1. The molecule has 0 spiro atoms. The van der Waals surface area contributed by atoms with Gasteiger partial charge < -0.3 is 5.73 Å². The molecule has 1 aromatic carbocycles. The van der Waals surface area contributed by atoms with Crippen LogP contribution < -0.4 is 5.73 Å². The maximum Gasteiger partial charge on any atom is 0.0320 e. The summed E-state index contributed by atoms with van der Waals surface area (Å²) in [5.41, 5.74) is 7.33. The van der Waals surface area contributed by atoms with Crippen molar-refractivity contribution in [1.82, 2.24) is 0 Å².